The Morgan fingerprint density at radius 3 is 2.25 bits per heavy atom. The molecule has 16 heavy (non-hydrogen) atoms. The van der Waals surface area contributed by atoms with Gasteiger partial charge in [0.05, 0.1) is 0 Å². The molecule has 0 bridgehead atoms. The van der Waals surface area contributed by atoms with Crippen molar-refractivity contribution in [2.75, 3.05) is 7.05 Å². The van der Waals surface area contributed by atoms with Crippen LogP contribution in [0.5, 0.6) is 0 Å². The number of aliphatic carboxylic acids is 1. The molecule has 0 fully saturated rings. The zero-order valence-corrected chi connectivity index (χ0v) is 9.73. The van der Waals surface area contributed by atoms with Crippen LogP contribution >= 0.6 is 11.6 Å². The minimum Gasteiger partial charge on any atom is -0.480 e. The molecular formula is C11H12ClNO3. The SMILES string of the molecule is CC(C(=O)O)N(C)C(=O)c1ccc(Cl)cc1. The molecule has 0 heterocycles. The first kappa shape index (κ1) is 12.5. The number of carboxylic acid groups (broad SMARTS) is 1. The fourth-order valence-corrected chi connectivity index (χ4v) is 1.26. The molecule has 1 aromatic carbocycles. The lowest BCUT2D eigenvalue weighted by atomic mass is 10.2. The Labute approximate surface area is 98.4 Å². The standard InChI is InChI=1S/C11H12ClNO3/c1-7(11(15)16)13(2)10(14)8-3-5-9(12)6-4-8/h3-7H,1-2H3,(H,15,16). The second-order valence-corrected chi connectivity index (χ2v) is 3.87. The molecule has 1 N–H and O–H groups in total. The van der Waals surface area contributed by atoms with E-state index in [0.717, 1.165) is 0 Å². The maximum absolute atomic E-state index is 11.8. The molecule has 0 aliphatic heterocycles. The van der Waals surface area contributed by atoms with Gasteiger partial charge in [-0.25, -0.2) is 4.79 Å². The molecule has 1 unspecified atom stereocenters. The fraction of sp³-hybridized carbons (Fsp3) is 0.273. The van der Waals surface area contributed by atoms with Gasteiger partial charge in [0, 0.05) is 17.6 Å². The second kappa shape index (κ2) is 4.99. The van der Waals surface area contributed by atoms with E-state index < -0.39 is 12.0 Å². The molecule has 0 saturated carbocycles. The highest BCUT2D eigenvalue weighted by Crippen LogP contribution is 2.12. The summed E-state index contributed by atoms with van der Waals surface area (Å²) in [7, 11) is 1.45. The summed E-state index contributed by atoms with van der Waals surface area (Å²) >= 11 is 5.69. The van der Waals surface area contributed by atoms with Crippen molar-refractivity contribution in [3.8, 4) is 0 Å². The van der Waals surface area contributed by atoms with Crippen molar-refractivity contribution in [3.05, 3.63) is 34.9 Å². The molecule has 0 radical (unpaired) electrons. The van der Waals surface area contributed by atoms with Crippen molar-refractivity contribution in [3.63, 3.8) is 0 Å². The number of halogens is 1. The van der Waals surface area contributed by atoms with Gasteiger partial charge in [-0.1, -0.05) is 11.6 Å². The van der Waals surface area contributed by atoms with Crippen LogP contribution in [0.2, 0.25) is 5.02 Å². The minimum absolute atomic E-state index is 0.341. The third-order valence-electron chi connectivity index (χ3n) is 2.35. The Bertz CT molecular complexity index is 402. The molecule has 5 heteroatoms. The number of carbonyl (C=O) groups excluding carboxylic acids is 1. The van der Waals surface area contributed by atoms with Gasteiger partial charge in [0.2, 0.25) is 0 Å². The fourth-order valence-electron chi connectivity index (χ4n) is 1.14. The van der Waals surface area contributed by atoms with Crippen molar-refractivity contribution in [2.45, 2.75) is 13.0 Å². The van der Waals surface area contributed by atoms with Crippen molar-refractivity contribution in [1.82, 2.24) is 4.90 Å². The Balaban J connectivity index is 2.86. The van der Waals surface area contributed by atoms with E-state index in [2.05, 4.69) is 0 Å². The van der Waals surface area contributed by atoms with Crippen LogP contribution in [0.3, 0.4) is 0 Å². The number of amides is 1. The molecule has 1 rings (SSSR count). The smallest absolute Gasteiger partial charge is 0.326 e. The van der Waals surface area contributed by atoms with E-state index in [-0.39, 0.29) is 5.91 Å². The van der Waals surface area contributed by atoms with Crippen molar-refractivity contribution in [1.29, 1.82) is 0 Å². The first-order valence-electron chi connectivity index (χ1n) is 4.69. The van der Waals surface area contributed by atoms with Gasteiger partial charge in [-0.2, -0.15) is 0 Å². The number of nitrogens with zero attached hydrogens (tertiary/aromatic N) is 1. The molecule has 0 spiro atoms. The normalized spacial score (nSPS) is 11.9. The number of carboxylic acids is 1. The predicted octanol–water partition coefficient (Wildman–Crippen LogP) is 1.89. The maximum atomic E-state index is 11.8. The molecule has 0 saturated heterocycles. The lowest BCUT2D eigenvalue weighted by molar-refractivity contribution is -0.141. The van der Waals surface area contributed by atoms with E-state index in [4.69, 9.17) is 16.7 Å². The third kappa shape index (κ3) is 2.73. The van der Waals surface area contributed by atoms with Gasteiger partial charge < -0.3 is 10.0 Å². The first-order valence-corrected chi connectivity index (χ1v) is 5.07. The van der Waals surface area contributed by atoms with Gasteiger partial charge in [-0.15, -0.1) is 0 Å². The Kier molecular flexibility index (Phi) is 3.90. The zero-order chi connectivity index (χ0) is 12.3. The van der Waals surface area contributed by atoms with Crippen molar-refractivity contribution < 1.29 is 14.7 Å². The molecule has 0 aromatic heterocycles. The van der Waals surface area contributed by atoms with Crippen LogP contribution in [0.15, 0.2) is 24.3 Å². The van der Waals surface area contributed by atoms with Crippen LogP contribution in [0.1, 0.15) is 17.3 Å². The molecule has 1 atom stereocenters. The van der Waals surface area contributed by atoms with E-state index in [1.807, 2.05) is 0 Å². The molecule has 1 amide bonds. The van der Waals surface area contributed by atoms with Crippen molar-refractivity contribution in [2.24, 2.45) is 0 Å². The Morgan fingerprint density at radius 1 is 1.31 bits per heavy atom. The van der Waals surface area contributed by atoms with E-state index in [0.29, 0.717) is 10.6 Å². The number of rotatable bonds is 3. The average molecular weight is 242 g/mol. The lowest BCUT2D eigenvalue weighted by Gasteiger charge is -2.21. The summed E-state index contributed by atoms with van der Waals surface area (Å²) in [4.78, 5) is 23.7. The largest absolute Gasteiger partial charge is 0.480 e. The van der Waals surface area contributed by atoms with Gasteiger partial charge in [-0.3, -0.25) is 4.79 Å². The molecule has 1 aromatic rings. The number of carbonyl (C=O) groups is 2. The minimum atomic E-state index is -1.04. The summed E-state index contributed by atoms with van der Waals surface area (Å²) in [5.41, 5.74) is 0.417. The number of likely N-dealkylation sites (N-methyl/N-ethyl adjacent to an activating group) is 1. The number of benzene rings is 1. The number of hydrogen-bond acceptors (Lipinski definition) is 2. The quantitative estimate of drug-likeness (QED) is 0.879. The summed E-state index contributed by atoms with van der Waals surface area (Å²) in [5, 5.41) is 9.31. The summed E-state index contributed by atoms with van der Waals surface area (Å²) in [6.45, 7) is 1.45. The molecule has 86 valence electrons. The summed E-state index contributed by atoms with van der Waals surface area (Å²) in [6.07, 6.45) is 0. The van der Waals surface area contributed by atoms with E-state index in [9.17, 15) is 9.59 Å². The molecular weight excluding hydrogens is 230 g/mol. The summed E-state index contributed by atoms with van der Waals surface area (Å²) < 4.78 is 0. The molecule has 0 aliphatic rings. The van der Waals surface area contributed by atoms with Crippen LogP contribution in [-0.2, 0) is 4.79 Å². The molecule has 0 aliphatic carbocycles. The highest BCUT2D eigenvalue weighted by Gasteiger charge is 2.22. The van der Waals surface area contributed by atoms with E-state index in [1.54, 1.807) is 24.3 Å². The monoisotopic (exact) mass is 241 g/mol. The van der Waals surface area contributed by atoms with Gasteiger partial charge in [0.15, 0.2) is 0 Å². The van der Waals surface area contributed by atoms with Gasteiger partial charge in [-0.05, 0) is 31.2 Å². The van der Waals surface area contributed by atoms with Gasteiger partial charge >= 0.3 is 5.97 Å². The van der Waals surface area contributed by atoms with E-state index >= 15 is 0 Å². The highest BCUT2D eigenvalue weighted by molar-refractivity contribution is 6.30. The van der Waals surface area contributed by atoms with Crippen LogP contribution in [0.25, 0.3) is 0 Å². The third-order valence-corrected chi connectivity index (χ3v) is 2.60. The lowest BCUT2D eigenvalue weighted by Crippen LogP contribution is -2.40. The maximum Gasteiger partial charge on any atom is 0.326 e. The first-order chi connectivity index (χ1) is 7.43. The van der Waals surface area contributed by atoms with Gasteiger partial charge in [0.1, 0.15) is 6.04 Å². The van der Waals surface area contributed by atoms with Crippen LogP contribution in [-0.4, -0.2) is 35.0 Å². The predicted molar refractivity (Wildman–Crippen MR) is 60.6 cm³/mol. The Morgan fingerprint density at radius 2 is 1.81 bits per heavy atom. The van der Waals surface area contributed by atoms with Crippen LogP contribution in [0, 0.1) is 0 Å². The summed E-state index contributed by atoms with van der Waals surface area (Å²) in [6, 6.07) is 5.45. The van der Waals surface area contributed by atoms with Gasteiger partial charge in [0.25, 0.3) is 5.91 Å². The topological polar surface area (TPSA) is 57.6 Å². The van der Waals surface area contributed by atoms with Crippen molar-refractivity contribution >= 4 is 23.5 Å². The second-order valence-electron chi connectivity index (χ2n) is 3.44. The average Bonchev–Trinajstić information content (AvgIpc) is 2.27. The van der Waals surface area contributed by atoms with Crippen LogP contribution in [0.4, 0.5) is 0 Å². The van der Waals surface area contributed by atoms with E-state index in [1.165, 1.54) is 18.9 Å². The highest BCUT2D eigenvalue weighted by atomic mass is 35.5. The Hall–Kier alpha value is -1.55. The summed E-state index contributed by atoms with van der Waals surface area (Å²) in [5.74, 6) is -1.38. The molecule has 4 nitrogen and oxygen atoms in total. The number of hydrogen-bond donors (Lipinski definition) is 1. The van der Waals surface area contributed by atoms with Crippen LogP contribution < -0.4 is 0 Å². The zero-order valence-electron chi connectivity index (χ0n) is 8.98.